The van der Waals surface area contributed by atoms with Gasteiger partial charge in [-0.15, -0.1) is 0 Å². The summed E-state index contributed by atoms with van der Waals surface area (Å²) in [6.07, 6.45) is 0.758. The summed E-state index contributed by atoms with van der Waals surface area (Å²) < 4.78 is 5.66. The first-order valence-corrected chi connectivity index (χ1v) is 5.81. The molecule has 4 nitrogen and oxygen atoms in total. The average Bonchev–Trinajstić information content (AvgIpc) is 2.90. The van der Waals surface area contributed by atoms with Gasteiger partial charge in [0, 0.05) is 6.54 Å². The lowest BCUT2D eigenvalue weighted by Crippen LogP contribution is -2.14. The summed E-state index contributed by atoms with van der Waals surface area (Å²) in [6.45, 7) is 1.55. The minimum absolute atomic E-state index is 0.164. The van der Waals surface area contributed by atoms with Crippen LogP contribution >= 0.6 is 0 Å². The largest absolute Gasteiger partial charge is 0.442 e. The van der Waals surface area contributed by atoms with Gasteiger partial charge in [0.25, 0.3) is 0 Å². The monoisotopic (exact) mass is 229 g/mol. The summed E-state index contributed by atoms with van der Waals surface area (Å²) in [5, 5.41) is 3.19. The van der Waals surface area contributed by atoms with Crippen LogP contribution in [0.25, 0.3) is 0 Å². The molecule has 1 aromatic carbocycles. The Balaban J connectivity index is 1.75. The molecule has 0 saturated carbocycles. The van der Waals surface area contributed by atoms with Crippen molar-refractivity contribution in [2.45, 2.75) is 25.6 Å². The normalized spacial score (nSPS) is 15.8. The van der Waals surface area contributed by atoms with Crippen molar-refractivity contribution in [2.75, 3.05) is 0 Å². The summed E-state index contributed by atoms with van der Waals surface area (Å²) in [7, 11) is 0. The van der Waals surface area contributed by atoms with E-state index in [1.54, 1.807) is 0 Å². The van der Waals surface area contributed by atoms with Crippen molar-refractivity contribution in [1.82, 2.24) is 10.3 Å². The number of fused-ring (bicyclic) bond motifs is 1. The van der Waals surface area contributed by atoms with Crippen LogP contribution < -0.4 is 11.1 Å². The molecule has 3 rings (SSSR count). The second-order valence-corrected chi connectivity index (χ2v) is 4.32. The van der Waals surface area contributed by atoms with Crippen LogP contribution in [0.4, 0.5) is 0 Å². The van der Waals surface area contributed by atoms with E-state index in [9.17, 15) is 0 Å². The fourth-order valence-corrected chi connectivity index (χ4v) is 2.09. The van der Waals surface area contributed by atoms with Crippen molar-refractivity contribution in [3.63, 3.8) is 0 Å². The van der Waals surface area contributed by atoms with Crippen LogP contribution in [0.2, 0.25) is 0 Å². The van der Waals surface area contributed by atoms with E-state index in [1.807, 2.05) is 18.2 Å². The Morgan fingerprint density at radius 3 is 2.88 bits per heavy atom. The van der Waals surface area contributed by atoms with Crippen molar-refractivity contribution in [2.24, 2.45) is 5.73 Å². The molecule has 0 amide bonds. The molecular formula is C13H15N3O. The summed E-state index contributed by atoms with van der Waals surface area (Å²) >= 11 is 0. The van der Waals surface area contributed by atoms with E-state index in [0.29, 0.717) is 5.89 Å². The summed E-state index contributed by atoms with van der Waals surface area (Å²) in [5.41, 5.74) is 8.32. The highest BCUT2D eigenvalue weighted by Crippen LogP contribution is 2.21. The Bertz CT molecular complexity index is 485. The third kappa shape index (κ3) is 2.09. The average molecular weight is 229 g/mol. The molecule has 17 heavy (non-hydrogen) atoms. The number of aromatic nitrogens is 1. The zero-order valence-electron chi connectivity index (χ0n) is 9.52. The number of nitrogens with one attached hydrogen (secondary N) is 1. The molecule has 0 spiro atoms. The molecule has 1 aliphatic rings. The Morgan fingerprint density at radius 1 is 1.29 bits per heavy atom. The van der Waals surface area contributed by atoms with Gasteiger partial charge in [-0.2, -0.15) is 0 Å². The predicted octanol–water partition coefficient (Wildman–Crippen LogP) is 1.52. The number of nitrogens with two attached hydrogens (primary N) is 1. The molecule has 2 heterocycles. The second-order valence-electron chi connectivity index (χ2n) is 4.32. The van der Waals surface area contributed by atoms with Crippen LogP contribution in [0.3, 0.4) is 0 Å². The Morgan fingerprint density at radius 2 is 2.12 bits per heavy atom. The third-order valence-corrected chi connectivity index (χ3v) is 2.99. The maximum Gasteiger partial charge on any atom is 0.212 e. The van der Waals surface area contributed by atoms with Crippen LogP contribution in [-0.4, -0.2) is 4.98 Å². The summed E-state index contributed by atoms with van der Waals surface area (Å²) in [5.74, 6) is 1.59. The van der Waals surface area contributed by atoms with Gasteiger partial charge in [-0.05, 0) is 12.0 Å². The smallest absolute Gasteiger partial charge is 0.212 e. The zero-order valence-corrected chi connectivity index (χ0v) is 9.52. The highest BCUT2D eigenvalue weighted by Gasteiger charge is 2.21. The van der Waals surface area contributed by atoms with E-state index >= 15 is 0 Å². The predicted molar refractivity (Wildman–Crippen MR) is 64.1 cm³/mol. The lowest BCUT2D eigenvalue weighted by Gasteiger charge is -2.07. The molecule has 3 N–H and O–H groups in total. The van der Waals surface area contributed by atoms with Crippen LogP contribution in [0.15, 0.2) is 34.7 Å². The van der Waals surface area contributed by atoms with Gasteiger partial charge in [-0.1, -0.05) is 30.3 Å². The number of oxazole rings is 1. The highest BCUT2D eigenvalue weighted by molar-refractivity contribution is 5.19. The third-order valence-electron chi connectivity index (χ3n) is 2.99. The van der Waals surface area contributed by atoms with Gasteiger partial charge in [-0.25, -0.2) is 4.98 Å². The first kappa shape index (κ1) is 10.5. The van der Waals surface area contributed by atoms with E-state index in [-0.39, 0.29) is 6.04 Å². The Labute approximate surface area is 99.8 Å². The Kier molecular flexibility index (Phi) is 2.66. The van der Waals surface area contributed by atoms with Crippen LogP contribution in [0.1, 0.15) is 29.0 Å². The molecule has 0 aliphatic carbocycles. The lowest BCUT2D eigenvalue weighted by molar-refractivity contribution is 0.414. The number of rotatable bonds is 3. The molecular weight excluding hydrogens is 214 g/mol. The molecule has 88 valence electrons. The molecule has 4 heteroatoms. The van der Waals surface area contributed by atoms with Gasteiger partial charge in [0.2, 0.25) is 5.89 Å². The van der Waals surface area contributed by atoms with Gasteiger partial charge in [0.15, 0.2) is 0 Å². The first-order chi connectivity index (χ1) is 8.33. The van der Waals surface area contributed by atoms with Crippen LogP contribution in [0.5, 0.6) is 0 Å². The van der Waals surface area contributed by atoms with Crippen molar-refractivity contribution in [1.29, 1.82) is 0 Å². The molecule has 0 saturated heterocycles. The SMILES string of the molecule is NC(Cc1ccccc1)c1nc2c(o1)CNC2. The van der Waals surface area contributed by atoms with Crippen molar-refractivity contribution in [3.8, 4) is 0 Å². The molecule has 1 aliphatic heterocycles. The van der Waals surface area contributed by atoms with Gasteiger partial charge in [-0.3, -0.25) is 0 Å². The molecule has 0 radical (unpaired) electrons. The number of benzene rings is 1. The summed E-state index contributed by atoms with van der Waals surface area (Å²) in [4.78, 5) is 4.43. The van der Waals surface area contributed by atoms with Gasteiger partial charge in [0.1, 0.15) is 5.76 Å². The second kappa shape index (κ2) is 4.31. The molecule has 0 fully saturated rings. The summed E-state index contributed by atoms with van der Waals surface area (Å²) in [6, 6.07) is 10.0. The number of nitrogens with zero attached hydrogens (tertiary/aromatic N) is 1. The standard InChI is InChI=1S/C13H15N3O/c14-10(6-9-4-2-1-3-5-9)13-16-11-7-15-8-12(11)17-13/h1-5,10,15H,6-8,14H2. The number of hydrogen-bond donors (Lipinski definition) is 2. The van der Waals surface area contributed by atoms with E-state index in [1.165, 1.54) is 5.56 Å². The van der Waals surface area contributed by atoms with E-state index in [2.05, 4.69) is 22.4 Å². The van der Waals surface area contributed by atoms with E-state index in [0.717, 1.165) is 31.0 Å². The molecule has 0 bridgehead atoms. The van der Waals surface area contributed by atoms with Crippen molar-refractivity contribution in [3.05, 3.63) is 53.2 Å². The highest BCUT2D eigenvalue weighted by atomic mass is 16.4. The quantitative estimate of drug-likeness (QED) is 0.837. The maximum absolute atomic E-state index is 6.11. The van der Waals surface area contributed by atoms with Crippen molar-refractivity contribution >= 4 is 0 Å². The van der Waals surface area contributed by atoms with Crippen LogP contribution in [-0.2, 0) is 19.5 Å². The van der Waals surface area contributed by atoms with E-state index in [4.69, 9.17) is 10.2 Å². The lowest BCUT2D eigenvalue weighted by atomic mass is 10.1. The van der Waals surface area contributed by atoms with Gasteiger partial charge in [0.05, 0.1) is 18.3 Å². The number of hydrogen-bond acceptors (Lipinski definition) is 4. The fraction of sp³-hybridized carbons (Fsp3) is 0.308. The maximum atomic E-state index is 6.11. The van der Waals surface area contributed by atoms with Gasteiger partial charge < -0.3 is 15.5 Å². The molecule has 1 aromatic heterocycles. The van der Waals surface area contributed by atoms with E-state index < -0.39 is 0 Å². The van der Waals surface area contributed by atoms with Gasteiger partial charge >= 0.3 is 0 Å². The molecule has 1 atom stereocenters. The van der Waals surface area contributed by atoms with Crippen molar-refractivity contribution < 1.29 is 4.42 Å². The zero-order chi connectivity index (χ0) is 11.7. The molecule has 1 unspecified atom stereocenters. The Hall–Kier alpha value is -1.65. The van der Waals surface area contributed by atoms with Crippen LogP contribution in [0, 0.1) is 0 Å². The first-order valence-electron chi connectivity index (χ1n) is 5.81. The fourth-order valence-electron chi connectivity index (χ4n) is 2.09. The minimum Gasteiger partial charge on any atom is -0.442 e. The molecule has 2 aromatic rings. The minimum atomic E-state index is -0.164. The topological polar surface area (TPSA) is 64.1 Å².